The summed E-state index contributed by atoms with van der Waals surface area (Å²) >= 11 is 0. The highest BCUT2D eigenvalue weighted by Crippen LogP contribution is 2.22. The number of hydrogen-bond acceptors (Lipinski definition) is 2. The summed E-state index contributed by atoms with van der Waals surface area (Å²) < 4.78 is 0. The van der Waals surface area contributed by atoms with E-state index < -0.39 is 0 Å². The quantitative estimate of drug-likeness (QED) is 0.239. The smallest absolute Gasteiger partial charge is 0.270 e. The highest BCUT2D eigenvalue weighted by molar-refractivity contribution is 6.06. The fraction of sp³-hybridized carbons (Fsp3) is 0.0588. The molecule has 0 bridgehead atoms. The third-order valence-electron chi connectivity index (χ3n) is 6.36. The van der Waals surface area contributed by atoms with Gasteiger partial charge in [-0.1, -0.05) is 121 Å². The van der Waals surface area contributed by atoms with E-state index in [2.05, 4.69) is 5.32 Å². The minimum Gasteiger partial charge on any atom is -0.329 e. The summed E-state index contributed by atoms with van der Waals surface area (Å²) in [5.41, 5.74) is 3.59. The van der Waals surface area contributed by atoms with Crippen LogP contribution in [0.5, 0.6) is 0 Å². The van der Waals surface area contributed by atoms with E-state index >= 15 is 0 Å². The van der Waals surface area contributed by atoms with Crippen LogP contribution >= 0.6 is 0 Å². The Morgan fingerprint density at radius 2 is 1.13 bits per heavy atom. The molecule has 38 heavy (non-hydrogen) atoms. The zero-order valence-electron chi connectivity index (χ0n) is 21.0. The van der Waals surface area contributed by atoms with Crippen LogP contribution in [0.3, 0.4) is 0 Å². The maximum absolute atomic E-state index is 14.2. The zero-order valence-corrected chi connectivity index (χ0v) is 21.0. The predicted molar refractivity (Wildman–Crippen MR) is 153 cm³/mol. The molecular formula is C34H28N2O2. The largest absolute Gasteiger partial charge is 0.329 e. The van der Waals surface area contributed by atoms with Crippen molar-refractivity contribution in [3.63, 3.8) is 0 Å². The predicted octanol–water partition coefficient (Wildman–Crippen LogP) is 6.84. The Balaban J connectivity index is 1.56. The first-order valence-electron chi connectivity index (χ1n) is 12.6. The van der Waals surface area contributed by atoms with Gasteiger partial charge in [0.25, 0.3) is 11.8 Å². The third-order valence-corrected chi connectivity index (χ3v) is 6.36. The van der Waals surface area contributed by atoms with Crippen molar-refractivity contribution >= 4 is 28.7 Å². The lowest BCUT2D eigenvalue weighted by Crippen LogP contribution is -2.37. The highest BCUT2D eigenvalue weighted by atomic mass is 16.2. The Hall–Kier alpha value is -4.96. The molecule has 5 aromatic carbocycles. The van der Waals surface area contributed by atoms with Gasteiger partial charge in [-0.2, -0.15) is 0 Å². The number of hydrogen-bond donors (Lipinski definition) is 1. The Labute approximate surface area is 222 Å². The third kappa shape index (κ3) is 6.05. The zero-order chi connectivity index (χ0) is 26.2. The fourth-order valence-corrected chi connectivity index (χ4v) is 4.44. The first-order chi connectivity index (χ1) is 18.7. The molecule has 0 saturated heterocycles. The van der Waals surface area contributed by atoms with Crippen LogP contribution < -0.4 is 5.32 Å². The Bertz CT molecular complexity index is 1520. The molecule has 0 aliphatic carbocycles. The molecule has 0 atom stereocenters. The second kappa shape index (κ2) is 11.8. The number of nitrogens with one attached hydrogen (secondary N) is 1. The Kier molecular flexibility index (Phi) is 7.71. The minimum absolute atomic E-state index is 0.224. The second-order valence-electron chi connectivity index (χ2n) is 9.08. The summed E-state index contributed by atoms with van der Waals surface area (Å²) in [6.45, 7) is 0.811. The summed E-state index contributed by atoms with van der Waals surface area (Å²) in [5.74, 6) is -0.584. The molecule has 0 aliphatic rings. The van der Waals surface area contributed by atoms with Crippen LogP contribution in [-0.2, 0) is 17.9 Å². The van der Waals surface area contributed by atoms with Crippen molar-refractivity contribution in [3.8, 4) is 0 Å². The van der Waals surface area contributed by atoms with E-state index in [1.807, 2.05) is 121 Å². The minimum atomic E-state index is -0.329. The molecular weight excluding hydrogens is 468 g/mol. The van der Waals surface area contributed by atoms with Crippen molar-refractivity contribution in [1.82, 2.24) is 10.2 Å². The van der Waals surface area contributed by atoms with E-state index in [9.17, 15) is 9.59 Å². The average molecular weight is 497 g/mol. The molecule has 0 saturated carbocycles. The van der Waals surface area contributed by atoms with Crippen LogP contribution in [0, 0.1) is 0 Å². The molecule has 0 fully saturated rings. The molecule has 0 aliphatic heterocycles. The van der Waals surface area contributed by atoms with Gasteiger partial charge in [0.15, 0.2) is 0 Å². The summed E-state index contributed by atoms with van der Waals surface area (Å²) in [4.78, 5) is 29.2. The van der Waals surface area contributed by atoms with E-state index in [1.54, 1.807) is 23.1 Å². The number of carbonyl (C=O) groups excluding carboxylic acids is 2. The molecule has 0 heterocycles. The molecule has 1 N–H and O–H groups in total. The summed E-state index contributed by atoms with van der Waals surface area (Å²) in [7, 11) is 0. The number of amides is 2. The van der Waals surface area contributed by atoms with Gasteiger partial charge in [0.1, 0.15) is 5.70 Å². The SMILES string of the molecule is O=C(N/C(=C\c1cccc2ccccc12)C(=O)N(Cc1ccccc1)Cc1ccccc1)c1ccccc1. The van der Waals surface area contributed by atoms with Crippen LogP contribution in [0.15, 0.2) is 139 Å². The maximum atomic E-state index is 14.2. The van der Waals surface area contributed by atoms with Gasteiger partial charge >= 0.3 is 0 Å². The molecule has 0 spiro atoms. The molecule has 4 nitrogen and oxygen atoms in total. The number of benzene rings is 5. The topological polar surface area (TPSA) is 49.4 Å². The van der Waals surface area contributed by atoms with Crippen molar-refractivity contribution in [3.05, 3.63) is 161 Å². The van der Waals surface area contributed by atoms with Crippen LogP contribution in [0.1, 0.15) is 27.0 Å². The molecule has 2 amide bonds. The lowest BCUT2D eigenvalue weighted by Gasteiger charge is -2.25. The fourth-order valence-electron chi connectivity index (χ4n) is 4.44. The Morgan fingerprint density at radius 1 is 0.605 bits per heavy atom. The molecule has 0 radical (unpaired) electrons. The van der Waals surface area contributed by atoms with E-state index in [1.165, 1.54) is 0 Å². The monoisotopic (exact) mass is 496 g/mol. The molecule has 186 valence electrons. The van der Waals surface area contributed by atoms with E-state index in [0.29, 0.717) is 18.7 Å². The van der Waals surface area contributed by atoms with E-state index in [0.717, 1.165) is 27.5 Å². The summed E-state index contributed by atoms with van der Waals surface area (Å²) in [5, 5.41) is 5.00. The molecule has 0 aromatic heterocycles. The Morgan fingerprint density at radius 3 is 1.76 bits per heavy atom. The molecule has 0 unspecified atom stereocenters. The first kappa shape index (κ1) is 24.7. The maximum Gasteiger partial charge on any atom is 0.270 e. The van der Waals surface area contributed by atoms with Crippen molar-refractivity contribution in [2.24, 2.45) is 0 Å². The first-order valence-corrected chi connectivity index (χ1v) is 12.6. The number of fused-ring (bicyclic) bond motifs is 1. The van der Waals surface area contributed by atoms with Crippen LogP contribution in [0.25, 0.3) is 16.8 Å². The van der Waals surface area contributed by atoms with Crippen LogP contribution in [0.4, 0.5) is 0 Å². The van der Waals surface area contributed by atoms with Gasteiger partial charge in [-0.05, 0) is 45.7 Å². The van der Waals surface area contributed by atoms with Crippen LogP contribution in [0.2, 0.25) is 0 Å². The van der Waals surface area contributed by atoms with Crippen molar-refractivity contribution in [1.29, 1.82) is 0 Å². The summed E-state index contributed by atoms with van der Waals surface area (Å²) in [6.07, 6.45) is 1.79. The van der Waals surface area contributed by atoms with Crippen molar-refractivity contribution < 1.29 is 9.59 Å². The normalized spacial score (nSPS) is 11.2. The lowest BCUT2D eigenvalue weighted by atomic mass is 10.0. The van der Waals surface area contributed by atoms with E-state index in [4.69, 9.17) is 0 Å². The number of rotatable bonds is 8. The van der Waals surface area contributed by atoms with Gasteiger partial charge in [-0.3, -0.25) is 9.59 Å². The van der Waals surface area contributed by atoms with Gasteiger partial charge in [0.2, 0.25) is 0 Å². The standard InChI is InChI=1S/C34H28N2O2/c37-33(29-18-8-3-9-19-29)35-32(23-30-21-12-20-28-17-10-11-22-31(28)30)34(38)36(24-26-13-4-1-5-14-26)25-27-15-6-2-7-16-27/h1-23H,24-25H2,(H,35,37)/b32-23-. The van der Waals surface area contributed by atoms with Crippen molar-refractivity contribution in [2.75, 3.05) is 0 Å². The number of nitrogens with zero attached hydrogens (tertiary/aromatic N) is 1. The second-order valence-corrected chi connectivity index (χ2v) is 9.08. The summed E-state index contributed by atoms with van der Waals surface area (Å²) in [6, 6.07) is 42.7. The average Bonchev–Trinajstić information content (AvgIpc) is 2.98. The molecule has 5 aromatic rings. The van der Waals surface area contributed by atoms with Gasteiger partial charge < -0.3 is 10.2 Å². The van der Waals surface area contributed by atoms with Crippen LogP contribution in [-0.4, -0.2) is 16.7 Å². The van der Waals surface area contributed by atoms with E-state index in [-0.39, 0.29) is 17.5 Å². The highest BCUT2D eigenvalue weighted by Gasteiger charge is 2.22. The van der Waals surface area contributed by atoms with Gasteiger partial charge in [-0.25, -0.2) is 0 Å². The van der Waals surface area contributed by atoms with Gasteiger partial charge in [0, 0.05) is 18.7 Å². The lowest BCUT2D eigenvalue weighted by molar-refractivity contribution is -0.128. The molecule has 5 rings (SSSR count). The van der Waals surface area contributed by atoms with Gasteiger partial charge in [0.05, 0.1) is 0 Å². The van der Waals surface area contributed by atoms with Gasteiger partial charge in [-0.15, -0.1) is 0 Å². The van der Waals surface area contributed by atoms with Crippen molar-refractivity contribution in [2.45, 2.75) is 13.1 Å². The number of carbonyl (C=O) groups is 2. The molecule has 4 heteroatoms.